The van der Waals surface area contributed by atoms with Crippen molar-refractivity contribution in [2.24, 2.45) is 5.73 Å². The van der Waals surface area contributed by atoms with E-state index in [1.54, 1.807) is 12.1 Å². The maximum atomic E-state index is 13.7. The zero-order chi connectivity index (χ0) is 10.1. The van der Waals surface area contributed by atoms with E-state index in [4.69, 9.17) is 5.73 Å². The maximum Gasteiger partial charge on any atom is 0.144 e. The summed E-state index contributed by atoms with van der Waals surface area (Å²) in [5.74, 6) is -0.187. The van der Waals surface area contributed by atoms with Crippen LogP contribution in [0.5, 0.6) is 0 Å². The topological polar surface area (TPSA) is 26.0 Å². The molecule has 0 amide bonds. The normalized spacial score (nSPS) is 21.1. The average molecular weight is 256 g/mol. The Morgan fingerprint density at radius 1 is 1.43 bits per heavy atom. The van der Waals surface area contributed by atoms with Crippen molar-refractivity contribution in [3.8, 4) is 0 Å². The second-order valence-electron chi connectivity index (χ2n) is 3.50. The minimum absolute atomic E-state index is 0.0865. The summed E-state index contributed by atoms with van der Waals surface area (Å²) < 4.78 is 14.2. The van der Waals surface area contributed by atoms with E-state index in [0.717, 1.165) is 18.4 Å². The molecule has 1 nitrogen and oxygen atoms in total. The lowest BCUT2D eigenvalue weighted by atomic mass is 10.1. The van der Waals surface area contributed by atoms with Crippen LogP contribution in [-0.4, -0.2) is 6.04 Å². The smallest absolute Gasteiger partial charge is 0.144 e. The second-order valence-corrected chi connectivity index (χ2v) is 4.35. The fourth-order valence-corrected chi connectivity index (χ4v) is 2.09. The first-order valence-corrected chi connectivity index (χ1v) is 5.38. The largest absolute Gasteiger partial charge is 0.324 e. The molecular weight excluding hydrogens is 245 g/mol. The van der Waals surface area contributed by atoms with Gasteiger partial charge in [-0.05, 0) is 40.4 Å². The number of nitrogens with two attached hydrogens (primary N) is 1. The number of hydrogen-bond donors (Lipinski definition) is 1. The van der Waals surface area contributed by atoms with Gasteiger partial charge in [0.1, 0.15) is 5.82 Å². The molecule has 74 valence electrons. The summed E-state index contributed by atoms with van der Waals surface area (Å²) in [7, 11) is 0. The van der Waals surface area contributed by atoms with Crippen molar-refractivity contribution in [3.63, 3.8) is 0 Å². The predicted molar refractivity (Wildman–Crippen MR) is 59.3 cm³/mol. The highest BCUT2D eigenvalue weighted by atomic mass is 79.9. The maximum absolute atomic E-state index is 13.7. The summed E-state index contributed by atoms with van der Waals surface area (Å²) in [5.41, 5.74) is 7.44. The first-order chi connectivity index (χ1) is 6.68. The minimum Gasteiger partial charge on any atom is -0.324 e. The molecule has 1 aliphatic rings. The molecule has 1 unspecified atom stereocenters. The summed E-state index contributed by atoms with van der Waals surface area (Å²) in [6.45, 7) is 0. The van der Waals surface area contributed by atoms with Gasteiger partial charge in [0.25, 0.3) is 0 Å². The van der Waals surface area contributed by atoms with Crippen LogP contribution in [0.4, 0.5) is 4.39 Å². The molecule has 2 N–H and O–H groups in total. The standard InChI is InChI=1S/C11H11BrFN/c12-10-3-1-2-9(11(10)13)7-4-5-8(14)6-7/h1-3,6,8H,4-5,14H2. The summed E-state index contributed by atoms with van der Waals surface area (Å²) >= 11 is 3.17. The first-order valence-electron chi connectivity index (χ1n) is 4.59. The van der Waals surface area contributed by atoms with Crippen LogP contribution in [0.15, 0.2) is 28.7 Å². The molecule has 0 fully saturated rings. The Morgan fingerprint density at radius 2 is 2.21 bits per heavy atom. The molecule has 1 aliphatic carbocycles. The van der Waals surface area contributed by atoms with Crippen LogP contribution in [0.25, 0.3) is 5.57 Å². The van der Waals surface area contributed by atoms with Gasteiger partial charge in [0.05, 0.1) is 4.47 Å². The van der Waals surface area contributed by atoms with Gasteiger partial charge in [-0.15, -0.1) is 0 Å². The summed E-state index contributed by atoms with van der Waals surface area (Å²) in [5, 5.41) is 0. The second kappa shape index (κ2) is 3.83. The highest BCUT2D eigenvalue weighted by Gasteiger charge is 2.16. The molecule has 1 atom stereocenters. The highest BCUT2D eigenvalue weighted by molar-refractivity contribution is 9.10. The molecule has 14 heavy (non-hydrogen) atoms. The lowest BCUT2D eigenvalue weighted by molar-refractivity contribution is 0.616. The highest BCUT2D eigenvalue weighted by Crippen LogP contribution is 2.31. The van der Waals surface area contributed by atoms with E-state index in [9.17, 15) is 4.39 Å². The van der Waals surface area contributed by atoms with E-state index in [1.807, 2.05) is 12.1 Å². The molecule has 0 aliphatic heterocycles. The third kappa shape index (κ3) is 1.74. The van der Waals surface area contributed by atoms with Crippen molar-refractivity contribution >= 4 is 21.5 Å². The van der Waals surface area contributed by atoms with Crippen LogP contribution in [0.2, 0.25) is 0 Å². The monoisotopic (exact) mass is 255 g/mol. The molecule has 0 radical (unpaired) electrons. The average Bonchev–Trinajstić information content (AvgIpc) is 2.57. The SMILES string of the molecule is NC1C=C(c2cccc(Br)c2F)CC1. The van der Waals surface area contributed by atoms with Gasteiger partial charge in [0.2, 0.25) is 0 Å². The molecule has 0 saturated heterocycles. The molecule has 2 rings (SSSR count). The van der Waals surface area contributed by atoms with Gasteiger partial charge in [-0.2, -0.15) is 0 Å². The van der Waals surface area contributed by atoms with Crippen molar-refractivity contribution in [2.75, 3.05) is 0 Å². The van der Waals surface area contributed by atoms with Crippen LogP contribution in [-0.2, 0) is 0 Å². The minimum atomic E-state index is -0.187. The van der Waals surface area contributed by atoms with E-state index in [1.165, 1.54) is 0 Å². The van der Waals surface area contributed by atoms with Crippen molar-refractivity contribution in [1.82, 2.24) is 0 Å². The van der Waals surface area contributed by atoms with Crippen LogP contribution < -0.4 is 5.73 Å². The Kier molecular flexibility index (Phi) is 2.70. The molecular formula is C11H11BrFN. The van der Waals surface area contributed by atoms with Crippen molar-refractivity contribution in [2.45, 2.75) is 18.9 Å². The lowest BCUT2D eigenvalue weighted by Gasteiger charge is -2.04. The van der Waals surface area contributed by atoms with E-state index < -0.39 is 0 Å². The Balaban J connectivity index is 2.42. The van der Waals surface area contributed by atoms with Crippen molar-refractivity contribution in [3.05, 3.63) is 40.1 Å². The molecule has 0 aromatic heterocycles. The van der Waals surface area contributed by atoms with Crippen molar-refractivity contribution in [1.29, 1.82) is 0 Å². The summed E-state index contributed by atoms with van der Waals surface area (Å²) in [4.78, 5) is 0. The van der Waals surface area contributed by atoms with Gasteiger partial charge in [-0.1, -0.05) is 18.2 Å². The Labute approximate surface area is 90.9 Å². The zero-order valence-corrected chi connectivity index (χ0v) is 9.22. The molecule has 1 aromatic rings. The third-order valence-corrected chi connectivity index (χ3v) is 3.07. The molecule has 1 aromatic carbocycles. The van der Waals surface area contributed by atoms with Crippen molar-refractivity contribution < 1.29 is 4.39 Å². The van der Waals surface area contributed by atoms with Crippen LogP contribution >= 0.6 is 15.9 Å². The Hall–Kier alpha value is -0.670. The van der Waals surface area contributed by atoms with Gasteiger partial charge in [-0.25, -0.2) is 4.39 Å². The van der Waals surface area contributed by atoms with E-state index in [2.05, 4.69) is 15.9 Å². The molecule has 0 heterocycles. The quantitative estimate of drug-likeness (QED) is 0.820. The molecule has 0 bridgehead atoms. The number of halogens is 2. The van der Waals surface area contributed by atoms with E-state index in [0.29, 0.717) is 10.0 Å². The number of rotatable bonds is 1. The zero-order valence-electron chi connectivity index (χ0n) is 7.63. The van der Waals surface area contributed by atoms with E-state index >= 15 is 0 Å². The Morgan fingerprint density at radius 3 is 2.86 bits per heavy atom. The number of allylic oxidation sites excluding steroid dienone is 1. The lowest BCUT2D eigenvalue weighted by Crippen LogP contribution is -2.11. The summed E-state index contributed by atoms with van der Waals surface area (Å²) in [6, 6.07) is 5.43. The van der Waals surface area contributed by atoms with Gasteiger partial charge in [0, 0.05) is 11.6 Å². The third-order valence-electron chi connectivity index (χ3n) is 2.46. The van der Waals surface area contributed by atoms with Crippen LogP contribution in [0, 0.1) is 5.82 Å². The molecule has 0 spiro atoms. The van der Waals surface area contributed by atoms with Gasteiger partial charge >= 0.3 is 0 Å². The first kappa shape index (κ1) is 9.87. The molecule has 3 heteroatoms. The van der Waals surface area contributed by atoms with Gasteiger partial charge < -0.3 is 5.73 Å². The van der Waals surface area contributed by atoms with Gasteiger partial charge in [0.15, 0.2) is 0 Å². The number of benzene rings is 1. The Bertz CT molecular complexity index is 387. The number of hydrogen-bond acceptors (Lipinski definition) is 1. The van der Waals surface area contributed by atoms with Gasteiger partial charge in [-0.3, -0.25) is 0 Å². The van der Waals surface area contributed by atoms with E-state index in [-0.39, 0.29) is 11.9 Å². The fourth-order valence-electron chi connectivity index (χ4n) is 1.72. The van der Waals surface area contributed by atoms with Crippen LogP contribution in [0.3, 0.4) is 0 Å². The summed E-state index contributed by atoms with van der Waals surface area (Å²) in [6.07, 6.45) is 3.74. The van der Waals surface area contributed by atoms with Crippen LogP contribution in [0.1, 0.15) is 18.4 Å². The predicted octanol–water partition coefficient (Wildman–Crippen LogP) is 3.09. The fraction of sp³-hybridized carbons (Fsp3) is 0.273. The molecule has 0 saturated carbocycles.